The Kier molecular flexibility index (Phi) is 11.1. The maximum atomic E-state index is 13.9. The molecule has 0 unspecified atom stereocenters. The predicted octanol–water partition coefficient (Wildman–Crippen LogP) is 7.08. The summed E-state index contributed by atoms with van der Waals surface area (Å²) in [7, 11) is -4.73. The smallest absolute Gasteiger partial charge is 0.410 e. The summed E-state index contributed by atoms with van der Waals surface area (Å²) in [4.78, 5) is 15.7. The highest BCUT2D eigenvalue weighted by Gasteiger charge is 2.54. The molecule has 0 aromatic heterocycles. The van der Waals surface area contributed by atoms with Gasteiger partial charge in [-0.25, -0.2) is 4.79 Å². The molecule has 246 valence electrons. The number of likely N-dealkylation sites (tertiary alicyclic amines) is 1. The fraction of sp³-hybridized carbons (Fsp3) is 0.447. The molecule has 3 aromatic rings. The van der Waals surface area contributed by atoms with E-state index in [2.05, 4.69) is 100 Å². The molecule has 0 bridgehead atoms. The Hall–Kier alpha value is -3.20. The number of ether oxygens (including phenoxy) is 1. The van der Waals surface area contributed by atoms with Gasteiger partial charge in [-0.1, -0.05) is 137 Å². The van der Waals surface area contributed by atoms with Crippen LogP contribution in [0.5, 0.6) is 0 Å². The van der Waals surface area contributed by atoms with Gasteiger partial charge in [0.25, 0.3) is 8.32 Å². The maximum absolute atomic E-state index is 13.9. The molecular weight excluding hydrogens is 605 g/mol. The van der Waals surface area contributed by atoms with Crippen molar-refractivity contribution < 1.29 is 19.2 Å². The predicted molar refractivity (Wildman–Crippen MR) is 193 cm³/mol. The molecule has 4 rings (SSSR count). The lowest BCUT2D eigenvalue weighted by atomic mass is 10.0. The van der Waals surface area contributed by atoms with E-state index in [1.807, 2.05) is 63.2 Å². The summed E-state index contributed by atoms with van der Waals surface area (Å²) in [6.45, 7) is 19.6. The largest absolute Gasteiger partial charge is 0.444 e. The second-order valence-corrected chi connectivity index (χ2v) is 24.4. The van der Waals surface area contributed by atoms with Crippen LogP contribution in [0.25, 0.3) is 0 Å². The van der Waals surface area contributed by atoms with Gasteiger partial charge < -0.3 is 14.4 Å². The number of carbonyl (C=O) groups is 1. The molecule has 8 heteroatoms. The molecule has 1 amide bonds. The van der Waals surface area contributed by atoms with Crippen molar-refractivity contribution in [1.82, 2.24) is 9.96 Å². The second-order valence-electron chi connectivity index (χ2n) is 15.4. The minimum absolute atomic E-state index is 0.224. The van der Waals surface area contributed by atoms with Crippen molar-refractivity contribution in [2.45, 2.75) is 103 Å². The van der Waals surface area contributed by atoms with E-state index in [-0.39, 0.29) is 17.7 Å². The van der Waals surface area contributed by atoms with Gasteiger partial charge in [-0.3, -0.25) is 4.90 Å². The van der Waals surface area contributed by atoms with E-state index < -0.39 is 40.2 Å². The number of hydrogen-bond acceptors (Lipinski definition) is 5. The van der Waals surface area contributed by atoms with E-state index in [1.165, 1.54) is 15.4 Å². The van der Waals surface area contributed by atoms with E-state index >= 15 is 0 Å². The molecular formula is C38H52N2O4Si2. The highest BCUT2D eigenvalue weighted by molar-refractivity contribution is 6.99. The Morgan fingerprint density at radius 1 is 0.891 bits per heavy atom. The van der Waals surface area contributed by atoms with Crippen molar-refractivity contribution in [3.05, 3.63) is 96.6 Å². The van der Waals surface area contributed by atoms with E-state index in [9.17, 15) is 10.0 Å². The van der Waals surface area contributed by atoms with Gasteiger partial charge in [0.15, 0.2) is 0 Å². The summed E-state index contributed by atoms with van der Waals surface area (Å²) in [6.07, 6.45) is -0.204. The van der Waals surface area contributed by atoms with Gasteiger partial charge in [0.2, 0.25) is 0 Å². The quantitative estimate of drug-likeness (QED) is 0.160. The Morgan fingerprint density at radius 2 is 1.39 bits per heavy atom. The fourth-order valence-corrected chi connectivity index (χ4v) is 11.5. The summed E-state index contributed by atoms with van der Waals surface area (Å²) < 4.78 is 13.5. The Labute approximate surface area is 278 Å². The van der Waals surface area contributed by atoms with Crippen LogP contribution in [0, 0.1) is 11.5 Å². The number of amides is 1. The average molecular weight is 657 g/mol. The van der Waals surface area contributed by atoms with Crippen LogP contribution in [-0.4, -0.2) is 68.0 Å². The third-order valence-corrected chi connectivity index (χ3v) is 14.1. The van der Waals surface area contributed by atoms with E-state index in [1.54, 1.807) is 4.90 Å². The summed E-state index contributed by atoms with van der Waals surface area (Å²) in [6, 6.07) is 29.9. The Morgan fingerprint density at radius 3 is 1.85 bits per heavy atom. The van der Waals surface area contributed by atoms with Crippen molar-refractivity contribution >= 4 is 32.9 Å². The highest BCUT2D eigenvalue weighted by atomic mass is 28.4. The molecule has 0 spiro atoms. The van der Waals surface area contributed by atoms with E-state index in [0.717, 1.165) is 5.56 Å². The first-order chi connectivity index (χ1) is 21.5. The normalized spacial score (nSPS) is 18.2. The van der Waals surface area contributed by atoms with Gasteiger partial charge in [-0.15, -0.1) is 5.54 Å². The molecule has 1 fully saturated rings. The summed E-state index contributed by atoms with van der Waals surface area (Å²) in [5.74, 6) is 3.44. The molecule has 3 aromatic carbocycles. The van der Waals surface area contributed by atoms with Crippen LogP contribution in [0.3, 0.4) is 0 Å². The minimum Gasteiger partial charge on any atom is -0.444 e. The zero-order chi connectivity index (χ0) is 33.8. The van der Waals surface area contributed by atoms with Crippen molar-refractivity contribution in [3.8, 4) is 11.5 Å². The molecule has 0 radical (unpaired) electrons. The summed E-state index contributed by atoms with van der Waals surface area (Å²) in [5.41, 5.74) is 3.77. The monoisotopic (exact) mass is 656 g/mol. The molecule has 0 aliphatic carbocycles. The maximum Gasteiger partial charge on any atom is 0.410 e. The molecule has 6 nitrogen and oxygen atoms in total. The van der Waals surface area contributed by atoms with Crippen molar-refractivity contribution in [2.24, 2.45) is 0 Å². The lowest BCUT2D eigenvalue weighted by molar-refractivity contribution is -0.133. The third kappa shape index (κ3) is 8.78. The Bertz CT molecular complexity index is 1450. The highest BCUT2D eigenvalue weighted by Crippen LogP contribution is 2.40. The van der Waals surface area contributed by atoms with Crippen LogP contribution >= 0.6 is 0 Å². The summed E-state index contributed by atoms with van der Waals surface area (Å²) >= 11 is 0. The number of hydroxylamine groups is 2. The van der Waals surface area contributed by atoms with Crippen LogP contribution in [0.15, 0.2) is 91.0 Å². The van der Waals surface area contributed by atoms with Gasteiger partial charge in [-0.2, -0.15) is 5.06 Å². The lowest BCUT2D eigenvalue weighted by Crippen LogP contribution is -2.67. The molecule has 3 atom stereocenters. The number of nitrogens with zero attached hydrogens (tertiary/aromatic N) is 2. The topological polar surface area (TPSA) is 62.2 Å². The molecule has 1 aliphatic rings. The summed E-state index contributed by atoms with van der Waals surface area (Å²) in [5, 5.41) is 15.1. The van der Waals surface area contributed by atoms with Gasteiger partial charge in [-0.05, 0) is 48.2 Å². The number of rotatable bonds is 8. The van der Waals surface area contributed by atoms with Gasteiger partial charge in [0.05, 0.1) is 18.7 Å². The lowest BCUT2D eigenvalue weighted by Gasteiger charge is -2.44. The van der Waals surface area contributed by atoms with E-state index in [4.69, 9.17) is 9.16 Å². The Balaban J connectivity index is 1.81. The van der Waals surface area contributed by atoms with Crippen molar-refractivity contribution in [3.63, 3.8) is 0 Å². The first kappa shape index (κ1) is 35.7. The van der Waals surface area contributed by atoms with Crippen LogP contribution in [0.1, 0.15) is 53.5 Å². The zero-order valence-electron chi connectivity index (χ0n) is 29.1. The van der Waals surface area contributed by atoms with Crippen LogP contribution in [-0.2, 0) is 15.7 Å². The van der Waals surface area contributed by atoms with Gasteiger partial charge in [0.1, 0.15) is 19.7 Å². The number of hydrogen-bond donors (Lipinski definition) is 1. The number of benzene rings is 3. The number of carbonyl (C=O) groups excluding carboxylic acids is 1. The molecule has 1 heterocycles. The van der Waals surface area contributed by atoms with Crippen molar-refractivity contribution in [2.75, 3.05) is 6.54 Å². The molecule has 0 saturated carbocycles. The average Bonchev–Trinajstić information content (AvgIpc) is 3.39. The molecule has 46 heavy (non-hydrogen) atoms. The van der Waals surface area contributed by atoms with Crippen LogP contribution < -0.4 is 10.4 Å². The molecule has 1 N–H and O–H groups in total. The van der Waals surface area contributed by atoms with Gasteiger partial charge >= 0.3 is 6.09 Å². The first-order valence-corrected chi connectivity index (χ1v) is 21.7. The molecule has 1 aliphatic heterocycles. The van der Waals surface area contributed by atoms with Crippen molar-refractivity contribution in [1.29, 1.82) is 0 Å². The van der Waals surface area contributed by atoms with Crippen LogP contribution in [0.4, 0.5) is 4.79 Å². The second kappa shape index (κ2) is 14.3. The van der Waals surface area contributed by atoms with Crippen LogP contribution in [0.2, 0.25) is 24.7 Å². The third-order valence-electron chi connectivity index (χ3n) is 8.16. The fourth-order valence-electron chi connectivity index (χ4n) is 6.21. The molecule has 1 saturated heterocycles. The zero-order valence-corrected chi connectivity index (χ0v) is 31.1. The first-order valence-electron chi connectivity index (χ1n) is 16.3. The van der Waals surface area contributed by atoms with Gasteiger partial charge in [0, 0.05) is 6.54 Å². The minimum atomic E-state index is -2.91. The standard InChI is InChI=1S/C38H52N2O4Si2/c1-37(2,3)43-36(41)39-29-31(27-35(39)34(25-26-45(7,8)9)40(42)28-30-19-13-10-14-20-30)44-46(38(4,5)6,32-21-15-11-16-22-32)33-23-17-12-18-24-33/h10-24,31,34-35,42H,27-29H2,1-9H3/t31-,34-,35+/m1/s1. The van der Waals surface area contributed by atoms with E-state index in [0.29, 0.717) is 13.0 Å². The SMILES string of the molecule is CC(C)(C)OC(=O)N1C[C@H](O[Si](c2ccccc2)(c2ccccc2)C(C)(C)C)C[C@H]1[C@@H](C#C[Si](C)(C)C)N(O)Cc1ccccc1.